The Morgan fingerprint density at radius 2 is 1.44 bits per heavy atom. The summed E-state index contributed by atoms with van der Waals surface area (Å²) in [6.07, 6.45) is 0. The van der Waals surface area contributed by atoms with Crippen molar-refractivity contribution in [3.05, 3.63) is 47.8 Å². The smallest absolute Gasteiger partial charge is 0.152 e. The predicted molar refractivity (Wildman–Crippen MR) is 64.9 cm³/mol. The second-order valence-electron chi connectivity index (χ2n) is 3.71. The number of benzene rings is 2. The molecule has 0 fully saturated rings. The average molecular weight is 253 g/mol. The van der Waals surface area contributed by atoms with E-state index in [2.05, 4.69) is 5.32 Å². The topological polar surface area (TPSA) is 64.1 Å². The van der Waals surface area contributed by atoms with Crippen molar-refractivity contribution in [1.82, 2.24) is 0 Å². The number of hydrogen-bond donors (Lipinski definition) is 3. The van der Waals surface area contributed by atoms with Crippen molar-refractivity contribution in [2.24, 2.45) is 0 Å². The van der Waals surface area contributed by atoms with E-state index in [1.807, 2.05) is 0 Å². The third-order valence-electron chi connectivity index (χ3n) is 2.36. The molecule has 3 nitrogen and oxygen atoms in total. The molecule has 94 valence electrons. The SMILES string of the molecule is Nc1ccc(Nc2c(F)cc(F)cc2F)cc1N. The molecule has 0 amide bonds. The lowest BCUT2D eigenvalue weighted by molar-refractivity contribution is 0.549. The van der Waals surface area contributed by atoms with E-state index in [-0.39, 0.29) is 5.69 Å². The lowest BCUT2D eigenvalue weighted by Crippen LogP contribution is -2.00. The van der Waals surface area contributed by atoms with Gasteiger partial charge < -0.3 is 16.8 Å². The molecule has 2 aromatic carbocycles. The van der Waals surface area contributed by atoms with Crippen LogP contribution < -0.4 is 16.8 Å². The maximum absolute atomic E-state index is 13.4. The Labute approximate surface area is 101 Å². The molecule has 6 heteroatoms. The molecule has 5 N–H and O–H groups in total. The van der Waals surface area contributed by atoms with E-state index < -0.39 is 23.1 Å². The first-order chi connectivity index (χ1) is 8.47. The Hall–Kier alpha value is -2.37. The van der Waals surface area contributed by atoms with Crippen LogP contribution in [0.1, 0.15) is 0 Å². The number of anilines is 4. The lowest BCUT2D eigenvalue weighted by Gasteiger charge is -2.10. The number of halogens is 3. The highest BCUT2D eigenvalue weighted by atomic mass is 19.1. The molecule has 0 unspecified atom stereocenters. The van der Waals surface area contributed by atoms with Gasteiger partial charge in [-0.25, -0.2) is 13.2 Å². The highest BCUT2D eigenvalue weighted by molar-refractivity contribution is 5.72. The van der Waals surface area contributed by atoms with Gasteiger partial charge in [-0.05, 0) is 18.2 Å². The maximum Gasteiger partial charge on any atom is 0.152 e. The average Bonchev–Trinajstić information content (AvgIpc) is 2.28. The zero-order chi connectivity index (χ0) is 13.3. The van der Waals surface area contributed by atoms with Crippen molar-refractivity contribution in [3.63, 3.8) is 0 Å². The van der Waals surface area contributed by atoms with Crippen LogP contribution in [0.25, 0.3) is 0 Å². The number of nitrogens with two attached hydrogens (primary N) is 2. The summed E-state index contributed by atoms with van der Waals surface area (Å²) in [5.41, 5.74) is 11.6. The molecule has 0 saturated heterocycles. The first kappa shape index (κ1) is 12.1. The molecule has 0 saturated carbocycles. The van der Waals surface area contributed by atoms with Gasteiger partial charge in [-0.3, -0.25) is 0 Å². The fourth-order valence-corrected chi connectivity index (χ4v) is 1.46. The van der Waals surface area contributed by atoms with Crippen LogP contribution in [0.2, 0.25) is 0 Å². The largest absolute Gasteiger partial charge is 0.397 e. The Morgan fingerprint density at radius 3 is 2.00 bits per heavy atom. The molecule has 0 aliphatic rings. The van der Waals surface area contributed by atoms with Crippen LogP contribution in [0.5, 0.6) is 0 Å². The number of hydrogen-bond acceptors (Lipinski definition) is 3. The van der Waals surface area contributed by atoms with E-state index >= 15 is 0 Å². The van der Waals surface area contributed by atoms with E-state index in [0.717, 1.165) is 0 Å². The molecule has 18 heavy (non-hydrogen) atoms. The molecule has 2 rings (SSSR count). The van der Waals surface area contributed by atoms with E-state index in [9.17, 15) is 13.2 Å². The van der Waals surface area contributed by atoms with Gasteiger partial charge >= 0.3 is 0 Å². The van der Waals surface area contributed by atoms with Gasteiger partial charge in [0.1, 0.15) is 11.5 Å². The van der Waals surface area contributed by atoms with Crippen LogP contribution in [0.15, 0.2) is 30.3 Å². The third-order valence-corrected chi connectivity index (χ3v) is 2.36. The first-order valence-electron chi connectivity index (χ1n) is 5.04. The fraction of sp³-hybridized carbons (Fsp3) is 0. The van der Waals surface area contributed by atoms with E-state index in [4.69, 9.17) is 11.5 Å². The zero-order valence-corrected chi connectivity index (χ0v) is 9.18. The van der Waals surface area contributed by atoms with Gasteiger partial charge in [-0.1, -0.05) is 0 Å². The molecule has 0 bridgehead atoms. The van der Waals surface area contributed by atoms with Crippen LogP contribution >= 0.6 is 0 Å². The molecule has 2 aromatic rings. The summed E-state index contributed by atoms with van der Waals surface area (Å²) < 4.78 is 39.5. The molecule has 0 radical (unpaired) electrons. The van der Waals surface area contributed by atoms with Crippen LogP contribution in [0.3, 0.4) is 0 Å². The molecule has 0 spiro atoms. The summed E-state index contributed by atoms with van der Waals surface area (Å²) in [4.78, 5) is 0. The van der Waals surface area contributed by atoms with Gasteiger partial charge in [-0.2, -0.15) is 0 Å². The van der Waals surface area contributed by atoms with E-state index in [1.54, 1.807) is 0 Å². The minimum absolute atomic E-state index is 0.280. The molecular formula is C12H10F3N3. The summed E-state index contributed by atoms with van der Waals surface area (Å²) in [5.74, 6) is -3.03. The molecule has 0 aliphatic carbocycles. The summed E-state index contributed by atoms with van der Waals surface area (Å²) in [6, 6.07) is 5.61. The van der Waals surface area contributed by atoms with Crippen molar-refractivity contribution in [2.45, 2.75) is 0 Å². The monoisotopic (exact) mass is 253 g/mol. The van der Waals surface area contributed by atoms with Crippen LogP contribution in [0.4, 0.5) is 35.9 Å². The normalized spacial score (nSPS) is 10.4. The van der Waals surface area contributed by atoms with Crippen molar-refractivity contribution in [2.75, 3.05) is 16.8 Å². The minimum atomic E-state index is -1.03. The summed E-state index contributed by atoms with van der Waals surface area (Å²) in [6.45, 7) is 0. The second kappa shape index (κ2) is 4.48. The Kier molecular flexibility index (Phi) is 3.01. The second-order valence-corrected chi connectivity index (χ2v) is 3.71. The van der Waals surface area contributed by atoms with Crippen molar-refractivity contribution in [3.8, 4) is 0 Å². The van der Waals surface area contributed by atoms with Gasteiger partial charge in [0, 0.05) is 17.8 Å². The maximum atomic E-state index is 13.4. The van der Waals surface area contributed by atoms with E-state index in [0.29, 0.717) is 23.5 Å². The third kappa shape index (κ3) is 2.32. The number of nitrogens with one attached hydrogen (secondary N) is 1. The summed E-state index contributed by atoms with van der Waals surface area (Å²) in [7, 11) is 0. The van der Waals surface area contributed by atoms with Crippen LogP contribution in [-0.2, 0) is 0 Å². The standard InChI is InChI=1S/C12H10F3N3/c13-6-3-8(14)12(9(15)4-6)18-7-1-2-10(16)11(17)5-7/h1-5,18H,16-17H2. The molecule has 0 heterocycles. The highest BCUT2D eigenvalue weighted by Crippen LogP contribution is 2.27. The number of rotatable bonds is 2. The molecule has 0 atom stereocenters. The fourth-order valence-electron chi connectivity index (χ4n) is 1.46. The zero-order valence-electron chi connectivity index (χ0n) is 9.18. The molecular weight excluding hydrogens is 243 g/mol. The Bertz CT molecular complexity index is 576. The predicted octanol–water partition coefficient (Wildman–Crippen LogP) is 3.01. The number of nitrogen functional groups attached to an aromatic ring is 2. The van der Waals surface area contributed by atoms with Gasteiger partial charge in [0.05, 0.1) is 11.4 Å². The quantitative estimate of drug-likeness (QED) is 0.721. The van der Waals surface area contributed by atoms with Crippen LogP contribution in [-0.4, -0.2) is 0 Å². The summed E-state index contributed by atoms with van der Waals surface area (Å²) in [5, 5.41) is 2.48. The van der Waals surface area contributed by atoms with Gasteiger partial charge in [-0.15, -0.1) is 0 Å². The molecule has 0 aliphatic heterocycles. The highest BCUT2D eigenvalue weighted by Gasteiger charge is 2.11. The van der Waals surface area contributed by atoms with Gasteiger partial charge in [0.25, 0.3) is 0 Å². The Balaban J connectivity index is 2.37. The minimum Gasteiger partial charge on any atom is -0.397 e. The summed E-state index contributed by atoms with van der Waals surface area (Å²) >= 11 is 0. The van der Waals surface area contributed by atoms with Crippen molar-refractivity contribution >= 4 is 22.7 Å². The van der Waals surface area contributed by atoms with Crippen molar-refractivity contribution < 1.29 is 13.2 Å². The van der Waals surface area contributed by atoms with Crippen molar-refractivity contribution in [1.29, 1.82) is 0 Å². The Morgan fingerprint density at radius 1 is 0.833 bits per heavy atom. The lowest BCUT2D eigenvalue weighted by atomic mass is 10.2. The first-order valence-corrected chi connectivity index (χ1v) is 5.04. The van der Waals surface area contributed by atoms with Gasteiger partial charge in [0.2, 0.25) is 0 Å². The van der Waals surface area contributed by atoms with E-state index in [1.165, 1.54) is 18.2 Å². The van der Waals surface area contributed by atoms with Crippen LogP contribution in [0, 0.1) is 17.5 Å². The van der Waals surface area contributed by atoms with Gasteiger partial charge in [0.15, 0.2) is 11.6 Å². The molecule has 0 aromatic heterocycles.